The number of aryl methyl sites for hydroxylation is 4. The van der Waals surface area contributed by atoms with E-state index in [-0.39, 0.29) is 19.0 Å². The van der Waals surface area contributed by atoms with Crippen LogP contribution in [0.1, 0.15) is 41.4 Å². The van der Waals surface area contributed by atoms with Crippen LogP contribution in [-0.2, 0) is 36.2 Å². The highest BCUT2D eigenvalue weighted by molar-refractivity contribution is 6.30. The van der Waals surface area contributed by atoms with Gasteiger partial charge in [-0.2, -0.15) is 0 Å². The van der Waals surface area contributed by atoms with Crippen molar-refractivity contribution in [2.45, 2.75) is 46.8 Å². The predicted octanol–water partition coefficient (Wildman–Crippen LogP) is 7.87. The number of anilines is 1. The number of carbonyl (C=O) groups is 1. The lowest BCUT2D eigenvalue weighted by molar-refractivity contribution is -0.143. The molecule has 44 heavy (non-hydrogen) atoms. The van der Waals surface area contributed by atoms with Crippen LogP contribution < -0.4 is 19.9 Å². The SMILES string of the molecule is CCOC(=O)CCc1ccc(OCc2nc3ccc(Oc4cc(C)c(N)c(C)c4)cc3n2C)cc1OCc1ccc(Cl)cc1. The number of carbonyl (C=O) groups excluding carboxylic acids is 1. The number of fused-ring (bicyclic) bond motifs is 1. The van der Waals surface area contributed by atoms with Crippen molar-refractivity contribution in [2.24, 2.45) is 7.05 Å². The molecule has 0 amide bonds. The molecule has 0 aliphatic rings. The van der Waals surface area contributed by atoms with Gasteiger partial charge in [0, 0.05) is 36.3 Å². The molecular weight excluding hydrogens is 578 g/mol. The molecule has 9 heteroatoms. The van der Waals surface area contributed by atoms with Crippen LogP contribution in [0.15, 0.2) is 72.8 Å². The van der Waals surface area contributed by atoms with Gasteiger partial charge in [-0.15, -0.1) is 0 Å². The van der Waals surface area contributed by atoms with E-state index in [9.17, 15) is 4.79 Å². The lowest BCUT2D eigenvalue weighted by Crippen LogP contribution is -2.07. The first kappa shape index (κ1) is 30.8. The minimum Gasteiger partial charge on any atom is -0.488 e. The number of ether oxygens (including phenoxy) is 4. The normalized spacial score (nSPS) is 11.0. The number of imidazole rings is 1. The topological polar surface area (TPSA) is 97.8 Å². The third kappa shape index (κ3) is 7.44. The van der Waals surface area contributed by atoms with Gasteiger partial charge in [-0.1, -0.05) is 29.8 Å². The van der Waals surface area contributed by atoms with Crippen LogP contribution in [0.3, 0.4) is 0 Å². The Labute approximate surface area is 262 Å². The summed E-state index contributed by atoms with van der Waals surface area (Å²) in [6.07, 6.45) is 0.744. The van der Waals surface area contributed by atoms with Gasteiger partial charge < -0.3 is 29.2 Å². The van der Waals surface area contributed by atoms with E-state index in [1.54, 1.807) is 6.92 Å². The highest BCUT2D eigenvalue weighted by Gasteiger charge is 2.14. The quantitative estimate of drug-likeness (QED) is 0.113. The minimum absolute atomic E-state index is 0.245. The molecule has 228 valence electrons. The maximum atomic E-state index is 12.0. The van der Waals surface area contributed by atoms with Crippen molar-refractivity contribution in [1.29, 1.82) is 0 Å². The molecule has 1 aromatic heterocycles. The zero-order valence-electron chi connectivity index (χ0n) is 25.4. The summed E-state index contributed by atoms with van der Waals surface area (Å²) >= 11 is 6.03. The molecule has 0 unspecified atom stereocenters. The van der Waals surface area contributed by atoms with Gasteiger partial charge in [-0.05, 0) is 91.9 Å². The van der Waals surface area contributed by atoms with Gasteiger partial charge in [-0.3, -0.25) is 4.79 Å². The van der Waals surface area contributed by atoms with E-state index >= 15 is 0 Å². The first-order chi connectivity index (χ1) is 21.2. The number of hydrogen-bond donors (Lipinski definition) is 1. The number of nitrogens with two attached hydrogens (primary N) is 1. The van der Waals surface area contributed by atoms with Gasteiger partial charge >= 0.3 is 5.97 Å². The Morgan fingerprint density at radius 1 is 0.886 bits per heavy atom. The second-order valence-electron chi connectivity index (χ2n) is 10.6. The Bertz CT molecular complexity index is 1760. The van der Waals surface area contributed by atoms with E-state index in [0.717, 1.165) is 50.5 Å². The monoisotopic (exact) mass is 613 g/mol. The fraction of sp³-hybridized carbons (Fsp3) is 0.257. The summed E-state index contributed by atoms with van der Waals surface area (Å²) in [4.78, 5) is 16.8. The number of nitrogen functional groups attached to an aromatic ring is 1. The zero-order valence-corrected chi connectivity index (χ0v) is 26.1. The highest BCUT2D eigenvalue weighted by Crippen LogP contribution is 2.31. The van der Waals surface area contributed by atoms with Crippen molar-refractivity contribution in [3.05, 3.63) is 106 Å². The van der Waals surface area contributed by atoms with Crippen molar-refractivity contribution in [1.82, 2.24) is 9.55 Å². The molecule has 0 bridgehead atoms. The number of nitrogens with zero attached hydrogens (tertiary/aromatic N) is 2. The van der Waals surface area contributed by atoms with Crippen LogP contribution in [0.2, 0.25) is 5.02 Å². The summed E-state index contributed by atoms with van der Waals surface area (Å²) in [5.74, 6) is 3.22. The number of benzene rings is 4. The fourth-order valence-electron chi connectivity index (χ4n) is 4.87. The third-order valence-electron chi connectivity index (χ3n) is 7.37. The molecule has 0 spiro atoms. The standard InChI is InChI=1S/C35H36ClN3O5/c1-5-41-34(40)15-9-25-8-12-27(19-32(25)43-20-24-6-10-26(36)11-7-24)42-21-33-38-30-14-13-28(18-31(30)39(33)4)44-29-16-22(2)35(37)23(3)17-29/h6-8,10-14,16-19H,5,9,15,20-21,37H2,1-4H3. The summed E-state index contributed by atoms with van der Waals surface area (Å²) in [6, 6.07) is 22.8. The van der Waals surface area contributed by atoms with Crippen LogP contribution in [-0.4, -0.2) is 22.1 Å². The summed E-state index contributed by atoms with van der Waals surface area (Å²) < 4.78 is 25.6. The predicted molar refractivity (Wildman–Crippen MR) is 173 cm³/mol. The van der Waals surface area contributed by atoms with Crippen LogP contribution in [0.25, 0.3) is 11.0 Å². The molecule has 0 saturated carbocycles. The van der Waals surface area contributed by atoms with E-state index in [4.69, 9.17) is 41.3 Å². The first-order valence-electron chi connectivity index (χ1n) is 14.5. The van der Waals surface area contributed by atoms with E-state index in [0.29, 0.717) is 41.9 Å². The molecule has 0 atom stereocenters. The Hall–Kier alpha value is -4.69. The van der Waals surface area contributed by atoms with E-state index in [1.165, 1.54) is 0 Å². The number of halogens is 1. The zero-order chi connectivity index (χ0) is 31.2. The Balaban J connectivity index is 1.31. The van der Waals surface area contributed by atoms with Crippen molar-refractivity contribution < 1.29 is 23.7 Å². The van der Waals surface area contributed by atoms with Crippen LogP contribution >= 0.6 is 11.6 Å². The maximum absolute atomic E-state index is 12.0. The molecule has 1 heterocycles. The van der Waals surface area contributed by atoms with Crippen molar-refractivity contribution in [3.8, 4) is 23.0 Å². The fourth-order valence-corrected chi connectivity index (χ4v) is 4.99. The molecule has 0 radical (unpaired) electrons. The minimum atomic E-state index is -0.245. The Kier molecular flexibility index (Phi) is 9.60. The van der Waals surface area contributed by atoms with Crippen LogP contribution in [0.4, 0.5) is 5.69 Å². The second-order valence-corrected chi connectivity index (χ2v) is 11.0. The average Bonchev–Trinajstić information content (AvgIpc) is 3.32. The Morgan fingerprint density at radius 3 is 2.34 bits per heavy atom. The largest absolute Gasteiger partial charge is 0.488 e. The molecule has 0 aliphatic carbocycles. The number of esters is 1. The molecule has 4 aromatic carbocycles. The van der Waals surface area contributed by atoms with Crippen molar-refractivity contribution in [2.75, 3.05) is 12.3 Å². The maximum Gasteiger partial charge on any atom is 0.306 e. The summed E-state index contributed by atoms with van der Waals surface area (Å²) in [5.41, 5.74) is 12.5. The van der Waals surface area contributed by atoms with Gasteiger partial charge in [0.2, 0.25) is 0 Å². The van der Waals surface area contributed by atoms with Crippen LogP contribution in [0.5, 0.6) is 23.0 Å². The number of rotatable bonds is 12. The summed E-state index contributed by atoms with van der Waals surface area (Å²) in [5, 5.41) is 0.664. The van der Waals surface area contributed by atoms with Gasteiger partial charge in [0.05, 0.1) is 17.6 Å². The van der Waals surface area contributed by atoms with Gasteiger partial charge in [-0.25, -0.2) is 4.98 Å². The molecule has 0 saturated heterocycles. The van der Waals surface area contributed by atoms with Crippen molar-refractivity contribution >= 4 is 34.3 Å². The molecular formula is C35H36ClN3O5. The summed E-state index contributed by atoms with van der Waals surface area (Å²) in [6.45, 7) is 6.68. The molecule has 0 aliphatic heterocycles. The van der Waals surface area contributed by atoms with Gasteiger partial charge in [0.15, 0.2) is 0 Å². The molecule has 5 aromatic rings. The number of aromatic nitrogens is 2. The van der Waals surface area contributed by atoms with Gasteiger partial charge in [0.1, 0.15) is 42.0 Å². The molecule has 2 N–H and O–H groups in total. The number of hydrogen-bond acceptors (Lipinski definition) is 7. The van der Waals surface area contributed by atoms with E-state index in [2.05, 4.69) is 0 Å². The molecule has 5 rings (SSSR count). The molecule has 0 fully saturated rings. The van der Waals surface area contributed by atoms with Gasteiger partial charge in [0.25, 0.3) is 0 Å². The Morgan fingerprint density at radius 2 is 1.61 bits per heavy atom. The lowest BCUT2D eigenvalue weighted by Gasteiger charge is -2.14. The molecule has 8 nitrogen and oxygen atoms in total. The summed E-state index contributed by atoms with van der Waals surface area (Å²) in [7, 11) is 1.95. The lowest BCUT2D eigenvalue weighted by atomic mass is 10.1. The third-order valence-corrected chi connectivity index (χ3v) is 7.62. The highest BCUT2D eigenvalue weighted by atomic mass is 35.5. The van der Waals surface area contributed by atoms with E-state index < -0.39 is 0 Å². The average molecular weight is 614 g/mol. The van der Waals surface area contributed by atoms with Crippen LogP contribution in [0, 0.1) is 13.8 Å². The first-order valence-corrected chi connectivity index (χ1v) is 14.9. The smallest absolute Gasteiger partial charge is 0.306 e. The van der Waals surface area contributed by atoms with E-state index in [1.807, 2.05) is 98.3 Å². The van der Waals surface area contributed by atoms with Crippen molar-refractivity contribution in [3.63, 3.8) is 0 Å². The second kappa shape index (κ2) is 13.7.